The van der Waals surface area contributed by atoms with Crippen LogP contribution in [0.4, 0.5) is 5.69 Å². The van der Waals surface area contributed by atoms with Crippen molar-refractivity contribution in [3.05, 3.63) is 89.2 Å². The Balaban J connectivity index is 1.62. The number of nitrogens with one attached hydrogen (secondary N) is 1. The second kappa shape index (κ2) is 8.10. The maximum atomic E-state index is 6.95. The third-order valence-electron chi connectivity index (χ3n) is 5.72. The van der Waals surface area contributed by atoms with Gasteiger partial charge < -0.3 is 10.1 Å². The van der Waals surface area contributed by atoms with Crippen LogP contribution in [-0.4, -0.2) is 27.7 Å². The lowest BCUT2D eigenvalue weighted by molar-refractivity contribution is 0.323. The first-order valence-corrected chi connectivity index (χ1v) is 11.4. The molecule has 0 spiro atoms. The molecular formula is C26H18Cl2N4O. The Labute approximate surface area is 200 Å². The van der Waals surface area contributed by atoms with E-state index in [2.05, 4.69) is 5.32 Å². The summed E-state index contributed by atoms with van der Waals surface area (Å²) >= 11 is 13.7. The number of halogens is 2. The Morgan fingerprint density at radius 2 is 1.55 bits per heavy atom. The molecule has 162 valence electrons. The number of nitrogens with zero attached hydrogens (tertiary/aromatic N) is 3. The molecular weight excluding hydrogens is 455 g/mol. The van der Waals surface area contributed by atoms with Crippen LogP contribution in [-0.2, 0) is 0 Å². The molecule has 1 aliphatic heterocycles. The van der Waals surface area contributed by atoms with Crippen molar-refractivity contribution in [1.82, 2.24) is 14.6 Å². The molecule has 5 aromatic rings. The third kappa shape index (κ3) is 3.41. The molecule has 0 aliphatic carbocycles. The molecule has 0 unspecified atom stereocenters. The largest absolute Gasteiger partial charge is 0.490 e. The van der Waals surface area contributed by atoms with Gasteiger partial charge in [0.1, 0.15) is 28.4 Å². The van der Waals surface area contributed by atoms with Crippen molar-refractivity contribution in [3.8, 4) is 39.3 Å². The van der Waals surface area contributed by atoms with Crippen molar-refractivity contribution in [1.29, 1.82) is 0 Å². The molecule has 0 radical (unpaired) electrons. The first-order chi connectivity index (χ1) is 16.2. The molecule has 3 heterocycles. The summed E-state index contributed by atoms with van der Waals surface area (Å²) in [5.74, 6) is 0.808. The number of hydrogen-bond acceptors (Lipinski definition) is 4. The van der Waals surface area contributed by atoms with Gasteiger partial charge in [0.15, 0.2) is 5.65 Å². The van der Waals surface area contributed by atoms with E-state index < -0.39 is 0 Å². The molecule has 0 saturated heterocycles. The summed E-state index contributed by atoms with van der Waals surface area (Å²) in [5, 5.41) is 8.97. The Morgan fingerprint density at radius 3 is 2.30 bits per heavy atom. The summed E-state index contributed by atoms with van der Waals surface area (Å²) in [6, 6.07) is 25.9. The quantitative estimate of drug-likeness (QED) is 0.292. The van der Waals surface area contributed by atoms with Gasteiger partial charge in [-0.25, -0.2) is 9.50 Å². The van der Waals surface area contributed by atoms with Crippen LogP contribution >= 0.6 is 23.2 Å². The number of fused-ring (bicyclic) bond motifs is 2. The number of aromatic nitrogens is 3. The van der Waals surface area contributed by atoms with Gasteiger partial charge in [-0.05, 0) is 23.3 Å². The second-order valence-electron chi connectivity index (χ2n) is 7.75. The minimum absolute atomic E-state index is 0.320. The van der Waals surface area contributed by atoms with E-state index in [4.69, 9.17) is 38.0 Å². The van der Waals surface area contributed by atoms with E-state index in [0.717, 1.165) is 45.9 Å². The zero-order valence-electron chi connectivity index (χ0n) is 17.4. The minimum Gasteiger partial charge on any atom is -0.490 e. The normalized spacial score (nSPS) is 12.8. The summed E-state index contributed by atoms with van der Waals surface area (Å²) in [5.41, 5.74) is 6.64. The Kier molecular flexibility index (Phi) is 4.93. The van der Waals surface area contributed by atoms with Crippen molar-refractivity contribution in [2.75, 3.05) is 18.5 Å². The lowest BCUT2D eigenvalue weighted by Gasteiger charge is -2.20. The molecule has 0 bridgehead atoms. The van der Waals surface area contributed by atoms with Crippen LogP contribution in [0.3, 0.4) is 0 Å². The molecule has 5 nitrogen and oxygen atoms in total. The van der Waals surface area contributed by atoms with Gasteiger partial charge in [0.2, 0.25) is 0 Å². The minimum atomic E-state index is 0.320. The molecule has 0 saturated carbocycles. The fourth-order valence-corrected chi connectivity index (χ4v) is 4.84. The van der Waals surface area contributed by atoms with Gasteiger partial charge in [-0.1, -0.05) is 89.9 Å². The Bertz CT molecular complexity index is 1480. The van der Waals surface area contributed by atoms with Crippen molar-refractivity contribution >= 4 is 34.5 Å². The highest BCUT2D eigenvalue weighted by Crippen LogP contribution is 2.42. The lowest BCUT2D eigenvalue weighted by atomic mass is 10.0. The van der Waals surface area contributed by atoms with Gasteiger partial charge in [-0.15, -0.1) is 0 Å². The van der Waals surface area contributed by atoms with E-state index in [9.17, 15) is 0 Å². The van der Waals surface area contributed by atoms with E-state index >= 15 is 0 Å². The highest BCUT2D eigenvalue weighted by atomic mass is 35.5. The van der Waals surface area contributed by atoms with Crippen LogP contribution in [0.25, 0.3) is 39.2 Å². The number of benzene rings is 3. The monoisotopic (exact) mass is 472 g/mol. The molecule has 0 atom stereocenters. The SMILES string of the molecule is Clc1nc2c(-c3ccccc3)c(-c3ccccc3)nn2c(Cl)c1-c1ccc2c(c1)NCCO2. The molecule has 7 heteroatoms. The van der Waals surface area contributed by atoms with E-state index in [-0.39, 0.29) is 0 Å². The number of rotatable bonds is 3. The highest BCUT2D eigenvalue weighted by molar-refractivity contribution is 6.38. The van der Waals surface area contributed by atoms with Crippen molar-refractivity contribution in [2.45, 2.75) is 0 Å². The van der Waals surface area contributed by atoms with Crippen LogP contribution in [0.15, 0.2) is 78.9 Å². The lowest BCUT2D eigenvalue weighted by Crippen LogP contribution is -2.17. The smallest absolute Gasteiger partial charge is 0.166 e. The van der Waals surface area contributed by atoms with E-state index in [1.165, 1.54) is 0 Å². The first-order valence-electron chi connectivity index (χ1n) is 10.6. The third-order valence-corrected chi connectivity index (χ3v) is 6.34. The van der Waals surface area contributed by atoms with Gasteiger partial charge in [0.05, 0.1) is 16.8 Å². The van der Waals surface area contributed by atoms with Gasteiger partial charge in [0, 0.05) is 12.1 Å². The van der Waals surface area contributed by atoms with Gasteiger partial charge in [-0.3, -0.25) is 0 Å². The zero-order chi connectivity index (χ0) is 22.4. The molecule has 6 rings (SSSR count). The van der Waals surface area contributed by atoms with Crippen LogP contribution < -0.4 is 10.1 Å². The topological polar surface area (TPSA) is 51.5 Å². The van der Waals surface area contributed by atoms with Crippen LogP contribution in [0, 0.1) is 0 Å². The maximum Gasteiger partial charge on any atom is 0.166 e. The summed E-state index contributed by atoms with van der Waals surface area (Å²) in [4.78, 5) is 4.78. The van der Waals surface area contributed by atoms with Crippen molar-refractivity contribution in [2.24, 2.45) is 0 Å². The highest BCUT2D eigenvalue weighted by Gasteiger charge is 2.24. The van der Waals surface area contributed by atoms with Gasteiger partial charge >= 0.3 is 0 Å². The number of anilines is 1. The second-order valence-corrected chi connectivity index (χ2v) is 8.46. The molecule has 3 aromatic carbocycles. The molecule has 33 heavy (non-hydrogen) atoms. The van der Waals surface area contributed by atoms with Crippen LogP contribution in [0.1, 0.15) is 0 Å². The zero-order valence-corrected chi connectivity index (χ0v) is 18.9. The van der Waals surface area contributed by atoms with E-state index in [1.54, 1.807) is 4.52 Å². The fraction of sp³-hybridized carbons (Fsp3) is 0.0769. The average molecular weight is 473 g/mol. The summed E-state index contributed by atoms with van der Waals surface area (Å²) in [6.07, 6.45) is 0. The van der Waals surface area contributed by atoms with Gasteiger partial charge in [-0.2, -0.15) is 5.10 Å². The van der Waals surface area contributed by atoms with E-state index in [0.29, 0.717) is 28.1 Å². The van der Waals surface area contributed by atoms with Crippen molar-refractivity contribution in [3.63, 3.8) is 0 Å². The predicted octanol–water partition coefficient (Wildman–Crippen LogP) is 6.84. The Hall–Kier alpha value is -3.54. The molecule has 0 amide bonds. The van der Waals surface area contributed by atoms with E-state index in [1.807, 2.05) is 78.9 Å². The summed E-state index contributed by atoms with van der Waals surface area (Å²) in [6.45, 7) is 1.38. The van der Waals surface area contributed by atoms with Gasteiger partial charge in [0.25, 0.3) is 0 Å². The fourth-order valence-electron chi connectivity index (χ4n) is 4.19. The number of ether oxygens (including phenoxy) is 1. The van der Waals surface area contributed by atoms with Crippen LogP contribution in [0.5, 0.6) is 5.75 Å². The molecule has 1 N–H and O–H groups in total. The summed E-state index contributed by atoms with van der Waals surface area (Å²) < 4.78 is 7.38. The average Bonchev–Trinajstić information content (AvgIpc) is 3.24. The molecule has 0 fully saturated rings. The summed E-state index contributed by atoms with van der Waals surface area (Å²) in [7, 11) is 0. The van der Waals surface area contributed by atoms with Crippen LogP contribution in [0.2, 0.25) is 10.3 Å². The molecule has 1 aliphatic rings. The van der Waals surface area contributed by atoms with Crippen molar-refractivity contribution < 1.29 is 4.74 Å². The Morgan fingerprint density at radius 1 is 0.818 bits per heavy atom. The number of hydrogen-bond donors (Lipinski definition) is 1. The first kappa shape index (κ1) is 20.1. The molecule has 2 aromatic heterocycles. The standard InChI is InChI=1S/C26H18Cl2N4O/c27-24-22(18-11-12-20-19(15-18)29-13-14-33-20)25(28)32-26(30-24)21(16-7-3-1-4-8-16)23(31-32)17-9-5-2-6-10-17/h1-12,15,29H,13-14H2. The maximum absolute atomic E-state index is 6.95. The predicted molar refractivity (Wildman–Crippen MR) is 133 cm³/mol.